The molecule has 1 N–H and O–H groups in total. The molecule has 0 amide bonds. The second kappa shape index (κ2) is 8.13. The van der Waals surface area contributed by atoms with E-state index in [9.17, 15) is 18.5 Å². The lowest BCUT2D eigenvalue weighted by atomic mass is 10.3. The smallest absolute Gasteiger partial charge is 0.295 e. The van der Waals surface area contributed by atoms with E-state index in [0.29, 0.717) is 18.9 Å². The number of anilines is 1. The van der Waals surface area contributed by atoms with Crippen LogP contribution in [-0.2, 0) is 14.8 Å². The number of nitro groups is 1. The lowest BCUT2D eigenvalue weighted by Gasteiger charge is -2.26. The Labute approximate surface area is 160 Å². The molecule has 0 bridgehead atoms. The van der Waals surface area contributed by atoms with Gasteiger partial charge in [0.2, 0.25) is 10.0 Å². The maximum Gasteiger partial charge on any atom is 0.295 e. The normalized spacial score (nSPS) is 16.3. The molecule has 2 heterocycles. The second-order valence-corrected chi connectivity index (χ2v) is 8.62. The van der Waals surface area contributed by atoms with E-state index >= 15 is 0 Å². The first-order valence-corrected chi connectivity index (χ1v) is 10.4. The summed E-state index contributed by atoms with van der Waals surface area (Å²) in [6.07, 6.45) is 0. The summed E-state index contributed by atoms with van der Waals surface area (Å²) in [6, 6.07) is 7.53. The molecule has 1 aromatic carbocycles. The van der Waals surface area contributed by atoms with Crippen LogP contribution in [0.1, 0.15) is 11.8 Å². The van der Waals surface area contributed by atoms with Crippen molar-refractivity contribution in [1.82, 2.24) is 4.31 Å². The molecule has 0 saturated carbocycles. The fraction of sp³-hybridized carbons (Fsp3) is 0.312. The maximum atomic E-state index is 12.7. The molecule has 0 spiro atoms. The number of ether oxygens (including phenoxy) is 1. The van der Waals surface area contributed by atoms with Crippen LogP contribution in [-0.4, -0.2) is 49.7 Å². The Morgan fingerprint density at radius 2 is 2.07 bits per heavy atom. The topological polar surface area (TPSA) is 114 Å². The second-order valence-electron chi connectivity index (χ2n) is 5.74. The molecular formula is C16H18N4O5S2. The highest BCUT2D eigenvalue weighted by molar-refractivity contribution is 7.89. The molecule has 0 atom stereocenters. The molecule has 0 radical (unpaired) electrons. The van der Waals surface area contributed by atoms with Crippen LogP contribution < -0.4 is 5.43 Å². The molecule has 1 fully saturated rings. The summed E-state index contributed by atoms with van der Waals surface area (Å²) in [5.41, 5.74) is 3.10. The Bertz CT molecular complexity index is 951. The van der Waals surface area contributed by atoms with E-state index in [0.717, 1.165) is 10.9 Å². The monoisotopic (exact) mass is 410 g/mol. The van der Waals surface area contributed by atoms with Crippen molar-refractivity contribution < 1.29 is 18.1 Å². The molecule has 11 heteroatoms. The van der Waals surface area contributed by atoms with E-state index in [-0.39, 0.29) is 29.4 Å². The van der Waals surface area contributed by atoms with Gasteiger partial charge in [0.15, 0.2) is 0 Å². The minimum atomic E-state index is -3.81. The minimum absolute atomic E-state index is 0.122. The fourth-order valence-electron chi connectivity index (χ4n) is 2.54. The van der Waals surface area contributed by atoms with Gasteiger partial charge in [-0.25, -0.2) is 8.42 Å². The Balaban J connectivity index is 1.89. The minimum Gasteiger partial charge on any atom is -0.379 e. The van der Waals surface area contributed by atoms with Crippen LogP contribution in [0.3, 0.4) is 0 Å². The molecule has 0 unspecified atom stereocenters. The van der Waals surface area contributed by atoms with Gasteiger partial charge in [0, 0.05) is 24.0 Å². The number of rotatable bonds is 6. The Morgan fingerprint density at radius 1 is 1.33 bits per heavy atom. The van der Waals surface area contributed by atoms with Crippen LogP contribution in [0.25, 0.3) is 0 Å². The summed E-state index contributed by atoms with van der Waals surface area (Å²) in [5.74, 6) is 0. The molecule has 1 saturated heterocycles. The number of benzene rings is 1. The van der Waals surface area contributed by atoms with E-state index in [1.165, 1.54) is 27.8 Å². The van der Waals surface area contributed by atoms with Crippen LogP contribution in [0.5, 0.6) is 0 Å². The first-order chi connectivity index (χ1) is 12.9. The van der Waals surface area contributed by atoms with Gasteiger partial charge in [-0.05, 0) is 30.5 Å². The zero-order valence-electron chi connectivity index (χ0n) is 14.5. The molecule has 0 aliphatic carbocycles. The van der Waals surface area contributed by atoms with E-state index in [2.05, 4.69) is 10.5 Å². The summed E-state index contributed by atoms with van der Waals surface area (Å²) in [4.78, 5) is 11.6. The summed E-state index contributed by atoms with van der Waals surface area (Å²) < 4.78 is 31.8. The number of nitrogens with one attached hydrogen (secondary N) is 1. The number of thiophene rings is 1. The van der Waals surface area contributed by atoms with E-state index < -0.39 is 14.9 Å². The predicted molar refractivity (Wildman–Crippen MR) is 103 cm³/mol. The van der Waals surface area contributed by atoms with Crippen molar-refractivity contribution in [1.29, 1.82) is 0 Å². The third-order valence-electron chi connectivity index (χ3n) is 4.00. The van der Waals surface area contributed by atoms with E-state index in [1.54, 1.807) is 6.92 Å². The average Bonchev–Trinajstić information content (AvgIpc) is 3.21. The first kappa shape index (κ1) is 19.4. The Hall–Kier alpha value is -2.34. The number of hydrogen-bond acceptors (Lipinski definition) is 8. The Morgan fingerprint density at radius 3 is 2.70 bits per heavy atom. The molecule has 1 aromatic heterocycles. The summed E-state index contributed by atoms with van der Waals surface area (Å²) in [5, 5.41) is 17.5. The number of sulfonamides is 1. The zero-order chi connectivity index (χ0) is 19.4. The number of morpholine rings is 1. The van der Waals surface area contributed by atoms with Crippen LogP contribution in [0.15, 0.2) is 45.7 Å². The van der Waals surface area contributed by atoms with Gasteiger partial charge in [-0.15, -0.1) is 11.3 Å². The van der Waals surface area contributed by atoms with Crippen LogP contribution in [0.2, 0.25) is 0 Å². The molecule has 144 valence electrons. The Kier molecular flexibility index (Phi) is 5.85. The highest BCUT2D eigenvalue weighted by Gasteiger charge is 2.28. The first-order valence-electron chi connectivity index (χ1n) is 8.10. The molecule has 2 aromatic rings. The third kappa shape index (κ3) is 4.33. The zero-order valence-corrected chi connectivity index (χ0v) is 16.1. The summed E-state index contributed by atoms with van der Waals surface area (Å²) in [6.45, 7) is 2.83. The van der Waals surface area contributed by atoms with Gasteiger partial charge in [-0.3, -0.25) is 15.5 Å². The van der Waals surface area contributed by atoms with Crippen LogP contribution >= 0.6 is 11.3 Å². The SMILES string of the molecule is C/C(=N/Nc1ccc(S(=O)(=O)N2CCOCC2)cc1[N+](=O)[O-])c1cccs1. The van der Waals surface area contributed by atoms with Gasteiger partial charge < -0.3 is 4.74 Å². The van der Waals surface area contributed by atoms with Crippen molar-refractivity contribution in [3.63, 3.8) is 0 Å². The molecule has 3 rings (SSSR count). The van der Waals surface area contributed by atoms with Crippen molar-refractivity contribution in [3.8, 4) is 0 Å². The quantitative estimate of drug-likeness (QED) is 0.445. The van der Waals surface area contributed by atoms with Crippen LogP contribution in [0, 0.1) is 10.1 Å². The van der Waals surface area contributed by atoms with Crippen molar-refractivity contribution in [2.75, 3.05) is 31.7 Å². The van der Waals surface area contributed by atoms with Crippen molar-refractivity contribution in [2.45, 2.75) is 11.8 Å². The van der Waals surface area contributed by atoms with Gasteiger partial charge in [0.1, 0.15) is 5.69 Å². The van der Waals surface area contributed by atoms with E-state index in [1.807, 2.05) is 17.5 Å². The molecular weight excluding hydrogens is 392 g/mol. The molecule has 27 heavy (non-hydrogen) atoms. The number of hydrogen-bond donors (Lipinski definition) is 1. The molecule has 9 nitrogen and oxygen atoms in total. The lowest BCUT2D eigenvalue weighted by molar-refractivity contribution is -0.384. The van der Waals surface area contributed by atoms with Crippen molar-refractivity contribution in [2.24, 2.45) is 5.10 Å². The lowest BCUT2D eigenvalue weighted by Crippen LogP contribution is -2.40. The van der Waals surface area contributed by atoms with Crippen molar-refractivity contribution in [3.05, 3.63) is 50.7 Å². The summed E-state index contributed by atoms with van der Waals surface area (Å²) >= 11 is 1.50. The van der Waals surface area contributed by atoms with Gasteiger partial charge in [0.05, 0.1) is 28.7 Å². The fourth-order valence-corrected chi connectivity index (χ4v) is 4.64. The molecule has 1 aliphatic rings. The number of nitro benzene ring substituents is 1. The summed E-state index contributed by atoms with van der Waals surface area (Å²) in [7, 11) is -3.81. The van der Waals surface area contributed by atoms with Gasteiger partial charge >= 0.3 is 0 Å². The van der Waals surface area contributed by atoms with Gasteiger partial charge in [-0.1, -0.05) is 6.07 Å². The van der Waals surface area contributed by atoms with Crippen molar-refractivity contribution >= 4 is 38.4 Å². The standard InChI is InChI=1S/C16H18N4O5S2/c1-12(16-3-2-10-26-16)17-18-14-5-4-13(11-15(14)20(21)22)27(23,24)19-6-8-25-9-7-19/h2-5,10-11,18H,6-9H2,1H3/b17-12-. The maximum absolute atomic E-state index is 12.7. The van der Waals surface area contributed by atoms with Crippen LogP contribution in [0.4, 0.5) is 11.4 Å². The van der Waals surface area contributed by atoms with Gasteiger partial charge in [0.25, 0.3) is 5.69 Å². The van der Waals surface area contributed by atoms with E-state index in [4.69, 9.17) is 4.74 Å². The van der Waals surface area contributed by atoms with Gasteiger partial charge in [-0.2, -0.15) is 9.41 Å². The number of hydrazone groups is 1. The number of nitrogens with zero attached hydrogens (tertiary/aromatic N) is 3. The highest BCUT2D eigenvalue weighted by atomic mass is 32.2. The predicted octanol–water partition coefficient (Wildman–Crippen LogP) is 2.51. The molecule has 1 aliphatic heterocycles. The third-order valence-corrected chi connectivity index (χ3v) is 6.87. The highest BCUT2D eigenvalue weighted by Crippen LogP contribution is 2.29. The largest absolute Gasteiger partial charge is 0.379 e. The average molecular weight is 410 g/mol.